The molecule has 24 heavy (non-hydrogen) atoms. The molecular weight excluding hydrogens is 316 g/mol. The zero-order valence-corrected chi connectivity index (χ0v) is 12.7. The van der Waals surface area contributed by atoms with Crippen LogP contribution in [0.1, 0.15) is 33.8 Å². The number of primary amides is 1. The molecule has 0 bridgehead atoms. The molecule has 2 aromatic rings. The van der Waals surface area contributed by atoms with Gasteiger partial charge in [0, 0.05) is 11.5 Å². The van der Waals surface area contributed by atoms with Crippen molar-refractivity contribution in [1.29, 1.82) is 0 Å². The first kappa shape index (κ1) is 16.1. The molecule has 0 radical (unpaired) electrons. The van der Waals surface area contributed by atoms with Crippen LogP contribution in [-0.2, 0) is 16.1 Å². The first-order valence-electron chi connectivity index (χ1n) is 7.46. The Bertz CT molecular complexity index is 807. The summed E-state index contributed by atoms with van der Waals surface area (Å²) in [6.45, 7) is -0.00515. The number of ether oxygens (including phenoxy) is 1. The molecule has 2 aromatic carbocycles. The lowest BCUT2D eigenvalue weighted by atomic mass is 10.1. The fourth-order valence-electron chi connectivity index (χ4n) is 2.67. The number of hydrogen-bond acceptors (Lipinski definition) is 3. The van der Waals surface area contributed by atoms with Crippen LogP contribution < -0.4 is 5.73 Å². The van der Waals surface area contributed by atoms with Crippen molar-refractivity contribution >= 4 is 11.9 Å². The predicted octanol–water partition coefficient (Wildman–Crippen LogP) is 2.91. The van der Waals surface area contributed by atoms with Crippen LogP contribution >= 0.6 is 0 Å². The van der Waals surface area contributed by atoms with E-state index in [4.69, 9.17) is 10.5 Å². The molecule has 0 aromatic heterocycles. The van der Waals surface area contributed by atoms with Crippen molar-refractivity contribution in [2.45, 2.75) is 18.9 Å². The molecule has 0 heterocycles. The van der Waals surface area contributed by atoms with E-state index in [0.29, 0.717) is 17.5 Å². The second-order valence-corrected chi connectivity index (χ2v) is 5.79. The molecule has 2 atom stereocenters. The molecule has 1 aliphatic rings. The largest absolute Gasteiger partial charge is 0.461 e. The molecule has 0 aliphatic heterocycles. The number of amides is 1. The lowest BCUT2D eigenvalue weighted by Gasteiger charge is -2.06. The number of carbonyl (C=O) groups is 2. The smallest absolute Gasteiger partial charge is 0.309 e. The van der Waals surface area contributed by atoms with Gasteiger partial charge < -0.3 is 10.5 Å². The van der Waals surface area contributed by atoms with Gasteiger partial charge in [-0.05, 0) is 47.9 Å². The number of halogens is 2. The Morgan fingerprint density at radius 3 is 2.71 bits per heavy atom. The Kier molecular flexibility index (Phi) is 4.29. The van der Waals surface area contributed by atoms with Gasteiger partial charge in [-0.15, -0.1) is 0 Å². The van der Waals surface area contributed by atoms with Crippen LogP contribution in [0.15, 0.2) is 42.5 Å². The standard InChI is InChI=1S/C18H15F2NO3/c19-12-4-5-16(20)14(7-12)13-8-15(13)18(23)24-9-10-2-1-3-11(6-10)17(21)22/h1-7,13,15H,8-9H2,(H2,21,22). The van der Waals surface area contributed by atoms with Crippen LogP contribution in [0, 0.1) is 17.6 Å². The molecule has 2 N–H and O–H groups in total. The lowest BCUT2D eigenvalue weighted by Crippen LogP contribution is -2.12. The zero-order chi connectivity index (χ0) is 17.3. The molecule has 4 nitrogen and oxygen atoms in total. The van der Waals surface area contributed by atoms with E-state index in [-0.39, 0.29) is 18.1 Å². The average Bonchev–Trinajstić information content (AvgIpc) is 3.35. The molecular formula is C18H15F2NO3. The van der Waals surface area contributed by atoms with Crippen molar-refractivity contribution in [3.8, 4) is 0 Å². The van der Waals surface area contributed by atoms with Crippen LogP contribution in [0.3, 0.4) is 0 Å². The third-order valence-corrected chi connectivity index (χ3v) is 4.04. The Morgan fingerprint density at radius 2 is 1.96 bits per heavy atom. The Labute approximate surface area is 137 Å². The van der Waals surface area contributed by atoms with Gasteiger partial charge in [-0.2, -0.15) is 0 Å². The molecule has 124 valence electrons. The fraction of sp³-hybridized carbons (Fsp3) is 0.222. The predicted molar refractivity (Wildman–Crippen MR) is 82.0 cm³/mol. The summed E-state index contributed by atoms with van der Waals surface area (Å²) in [5.74, 6) is -2.91. The fourth-order valence-corrected chi connectivity index (χ4v) is 2.67. The molecule has 6 heteroatoms. The second-order valence-electron chi connectivity index (χ2n) is 5.79. The number of hydrogen-bond donors (Lipinski definition) is 1. The second kappa shape index (κ2) is 6.39. The van der Waals surface area contributed by atoms with Crippen molar-refractivity contribution in [2.24, 2.45) is 11.7 Å². The van der Waals surface area contributed by atoms with E-state index in [1.165, 1.54) is 0 Å². The maximum absolute atomic E-state index is 13.7. The molecule has 2 unspecified atom stereocenters. The van der Waals surface area contributed by atoms with Gasteiger partial charge in [0.15, 0.2) is 0 Å². The van der Waals surface area contributed by atoms with Gasteiger partial charge in [-0.25, -0.2) is 8.78 Å². The SMILES string of the molecule is NC(=O)c1cccc(COC(=O)C2CC2c2cc(F)ccc2F)c1. The van der Waals surface area contributed by atoms with E-state index >= 15 is 0 Å². The van der Waals surface area contributed by atoms with E-state index in [0.717, 1.165) is 18.2 Å². The highest BCUT2D eigenvalue weighted by molar-refractivity contribution is 5.92. The first-order chi connectivity index (χ1) is 11.5. The summed E-state index contributed by atoms with van der Waals surface area (Å²) in [6, 6.07) is 9.68. The van der Waals surface area contributed by atoms with E-state index in [1.54, 1.807) is 24.3 Å². The van der Waals surface area contributed by atoms with Gasteiger partial charge in [0.1, 0.15) is 18.2 Å². The summed E-state index contributed by atoms with van der Waals surface area (Å²) in [4.78, 5) is 23.2. The van der Waals surface area contributed by atoms with Crippen molar-refractivity contribution in [1.82, 2.24) is 0 Å². The number of esters is 1. The Hall–Kier alpha value is -2.76. The third kappa shape index (κ3) is 3.42. The minimum Gasteiger partial charge on any atom is -0.461 e. The summed E-state index contributed by atoms with van der Waals surface area (Å²) < 4.78 is 32.1. The minimum absolute atomic E-state index is 0.00515. The van der Waals surface area contributed by atoms with Gasteiger partial charge in [0.2, 0.25) is 5.91 Å². The average molecular weight is 331 g/mol. The van der Waals surface area contributed by atoms with Crippen molar-refractivity contribution in [3.63, 3.8) is 0 Å². The zero-order valence-electron chi connectivity index (χ0n) is 12.7. The minimum atomic E-state index is -0.563. The summed E-state index contributed by atoms with van der Waals surface area (Å²) in [7, 11) is 0. The molecule has 3 rings (SSSR count). The topological polar surface area (TPSA) is 69.4 Å². The van der Waals surface area contributed by atoms with Gasteiger partial charge >= 0.3 is 5.97 Å². The third-order valence-electron chi connectivity index (χ3n) is 4.04. The van der Waals surface area contributed by atoms with Gasteiger partial charge in [-0.3, -0.25) is 9.59 Å². The van der Waals surface area contributed by atoms with Crippen LogP contribution in [0.5, 0.6) is 0 Å². The first-order valence-corrected chi connectivity index (χ1v) is 7.46. The molecule has 1 amide bonds. The molecule has 0 saturated heterocycles. The monoisotopic (exact) mass is 331 g/mol. The van der Waals surface area contributed by atoms with Crippen LogP contribution in [0.25, 0.3) is 0 Å². The van der Waals surface area contributed by atoms with E-state index in [1.807, 2.05) is 0 Å². The summed E-state index contributed by atoms with van der Waals surface area (Å²) in [5, 5.41) is 0. The summed E-state index contributed by atoms with van der Waals surface area (Å²) >= 11 is 0. The summed E-state index contributed by atoms with van der Waals surface area (Å²) in [6.07, 6.45) is 0.431. The molecule has 0 spiro atoms. The number of benzene rings is 2. The van der Waals surface area contributed by atoms with Crippen LogP contribution in [-0.4, -0.2) is 11.9 Å². The highest BCUT2D eigenvalue weighted by Crippen LogP contribution is 2.49. The van der Waals surface area contributed by atoms with Crippen molar-refractivity contribution < 1.29 is 23.1 Å². The van der Waals surface area contributed by atoms with Crippen LogP contribution in [0.2, 0.25) is 0 Å². The quantitative estimate of drug-likeness (QED) is 0.857. The highest BCUT2D eigenvalue weighted by atomic mass is 19.1. The maximum atomic E-state index is 13.7. The van der Waals surface area contributed by atoms with E-state index < -0.39 is 29.4 Å². The van der Waals surface area contributed by atoms with Gasteiger partial charge in [0.25, 0.3) is 0 Å². The molecule has 1 aliphatic carbocycles. The normalized spacial score (nSPS) is 18.9. The Balaban J connectivity index is 1.60. The Morgan fingerprint density at radius 1 is 1.17 bits per heavy atom. The lowest BCUT2D eigenvalue weighted by molar-refractivity contribution is -0.146. The van der Waals surface area contributed by atoms with Crippen LogP contribution in [0.4, 0.5) is 8.78 Å². The van der Waals surface area contributed by atoms with Gasteiger partial charge in [0.05, 0.1) is 5.92 Å². The van der Waals surface area contributed by atoms with E-state index in [2.05, 4.69) is 0 Å². The number of rotatable bonds is 5. The molecule has 1 fully saturated rings. The van der Waals surface area contributed by atoms with Crippen molar-refractivity contribution in [2.75, 3.05) is 0 Å². The number of nitrogens with two attached hydrogens (primary N) is 1. The molecule has 1 saturated carbocycles. The summed E-state index contributed by atoms with van der Waals surface area (Å²) in [5.41, 5.74) is 6.36. The van der Waals surface area contributed by atoms with E-state index in [9.17, 15) is 18.4 Å². The highest BCUT2D eigenvalue weighted by Gasteiger charge is 2.46. The van der Waals surface area contributed by atoms with Crippen molar-refractivity contribution in [3.05, 3.63) is 70.8 Å². The number of carbonyl (C=O) groups excluding carboxylic acids is 2. The maximum Gasteiger partial charge on any atom is 0.309 e. The van der Waals surface area contributed by atoms with Gasteiger partial charge in [-0.1, -0.05) is 12.1 Å².